The minimum atomic E-state index is 0.823. The summed E-state index contributed by atoms with van der Waals surface area (Å²) >= 11 is 0. The first-order valence-corrected chi connectivity index (χ1v) is 7.27. The zero-order valence-electron chi connectivity index (χ0n) is 12.8. The standard InChI is InChI=1S/C21H21N/c1-5-9-11-16-21-19(7-3)18(6-2)20(8-4)22(21)17-14-12-10-13-15-17/h5-8,10-16H,1-4,9H2/b16-11-. The van der Waals surface area contributed by atoms with Crippen LogP contribution in [0.15, 0.2) is 68.8 Å². The van der Waals surface area contributed by atoms with Crippen LogP contribution in [0.5, 0.6) is 0 Å². The van der Waals surface area contributed by atoms with E-state index in [9.17, 15) is 0 Å². The molecule has 0 aliphatic heterocycles. The van der Waals surface area contributed by atoms with Crippen molar-refractivity contribution in [3.63, 3.8) is 0 Å². The Balaban J connectivity index is 2.80. The molecule has 0 saturated carbocycles. The predicted octanol–water partition coefficient (Wildman–Crippen LogP) is 6.00. The van der Waals surface area contributed by atoms with Crippen molar-refractivity contribution in [2.75, 3.05) is 0 Å². The van der Waals surface area contributed by atoms with Crippen LogP contribution in [0.3, 0.4) is 0 Å². The van der Waals surface area contributed by atoms with Gasteiger partial charge in [0.2, 0.25) is 0 Å². The fourth-order valence-corrected chi connectivity index (χ4v) is 2.57. The van der Waals surface area contributed by atoms with E-state index in [1.54, 1.807) is 0 Å². The molecule has 0 bridgehead atoms. The Kier molecular flexibility index (Phi) is 5.16. The first kappa shape index (κ1) is 15.6. The monoisotopic (exact) mass is 287 g/mol. The van der Waals surface area contributed by atoms with Crippen molar-refractivity contribution < 1.29 is 0 Å². The van der Waals surface area contributed by atoms with Gasteiger partial charge in [-0.2, -0.15) is 0 Å². The summed E-state index contributed by atoms with van der Waals surface area (Å²) in [5.74, 6) is 0. The smallest absolute Gasteiger partial charge is 0.0537 e. The van der Waals surface area contributed by atoms with Gasteiger partial charge in [0.15, 0.2) is 0 Å². The zero-order chi connectivity index (χ0) is 15.9. The van der Waals surface area contributed by atoms with Crippen molar-refractivity contribution in [3.8, 4) is 5.69 Å². The van der Waals surface area contributed by atoms with Crippen LogP contribution in [-0.4, -0.2) is 4.57 Å². The molecule has 22 heavy (non-hydrogen) atoms. The van der Waals surface area contributed by atoms with Gasteiger partial charge in [0, 0.05) is 16.8 Å². The summed E-state index contributed by atoms with van der Waals surface area (Å²) in [5, 5.41) is 0. The molecule has 2 rings (SSSR count). The maximum Gasteiger partial charge on any atom is 0.0537 e. The minimum absolute atomic E-state index is 0.823. The van der Waals surface area contributed by atoms with Gasteiger partial charge < -0.3 is 4.57 Å². The van der Waals surface area contributed by atoms with Gasteiger partial charge in [-0.05, 0) is 30.7 Å². The zero-order valence-corrected chi connectivity index (χ0v) is 12.8. The highest BCUT2D eigenvalue weighted by molar-refractivity contribution is 5.80. The lowest BCUT2D eigenvalue weighted by atomic mass is 10.1. The van der Waals surface area contributed by atoms with Crippen LogP contribution in [-0.2, 0) is 0 Å². The largest absolute Gasteiger partial charge is 0.309 e. The Morgan fingerprint density at radius 3 is 2.00 bits per heavy atom. The maximum absolute atomic E-state index is 3.97. The summed E-state index contributed by atoms with van der Waals surface area (Å²) < 4.78 is 2.18. The molecule has 0 spiro atoms. The van der Waals surface area contributed by atoms with Crippen LogP contribution in [0, 0.1) is 0 Å². The van der Waals surface area contributed by atoms with Crippen molar-refractivity contribution >= 4 is 24.3 Å². The molecule has 0 atom stereocenters. The number of allylic oxidation sites excluding steroid dienone is 2. The maximum atomic E-state index is 3.97. The summed E-state index contributed by atoms with van der Waals surface area (Å²) in [7, 11) is 0. The Labute approximate surface area is 132 Å². The fraction of sp³-hybridized carbons (Fsp3) is 0.0476. The van der Waals surface area contributed by atoms with Gasteiger partial charge in [-0.1, -0.05) is 62.2 Å². The second-order valence-corrected chi connectivity index (χ2v) is 4.81. The molecule has 0 amide bonds. The molecule has 0 aliphatic rings. The summed E-state index contributed by atoms with van der Waals surface area (Å²) in [6.07, 6.45) is 12.5. The molecule has 110 valence electrons. The van der Waals surface area contributed by atoms with E-state index in [4.69, 9.17) is 0 Å². The first-order valence-electron chi connectivity index (χ1n) is 7.27. The van der Waals surface area contributed by atoms with Crippen LogP contribution < -0.4 is 0 Å². The Bertz CT molecular complexity index is 727. The van der Waals surface area contributed by atoms with Crippen molar-refractivity contribution in [1.29, 1.82) is 0 Å². The van der Waals surface area contributed by atoms with E-state index >= 15 is 0 Å². The predicted molar refractivity (Wildman–Crippen MR) is 99.9 cm³/mol. The highest BCUT2D eigenvalue weighted by Crippen LogP contribution is 2.31. The van der Waals surface area contributed by atoms with Gasteiger partial charge in [-0.3, -0.25) is 0 Å². The summed E-state index contributed by atoms with van der Waals surface area (Å²) in [4.78, 5) is 0. The van der Waals surface area contributed by atoms with E-state index < -0.39 is 0 Å². The number of para-hydroxylation sites is 1. The second-order valence-electron chi connectivity index (χ2n) is 4.81. The summed E-state index contributed by atoms with van der Waals surface area (Å²) in [6.45, 7) is 15.6. The van der Waals surface area contributed by atoms with E-state index in [1.807, 2.05) is 42.5 Å². The van der Waals surface area contributed by atoms with Crippen LogP contribution in [0.4, 0.5) is 0 Å². The fourth-order valence-electron chi connectivity index (χ4n) is 2.57. The molecular weight excluding hydrogens is 266 g/mol. The van der Waals surface area contributed by atoms with Crippen molar-refractivity contribution in [2.24, 2.45) is 0 Å². The summed E-state index contributed by atoms with van der Waals surface area (Å²) in [5.41, 5.74) is 5.30. The van der Waals surface area contributed by atoms with E-state index in [0.29, 0.717) is 0 Å². The topological polar surface area (TPSA) is 4.93 Å². The lowest BCUT2D eigenvalue weighted by Gasteiger charge is -2.10. The molecular formula is C21H21N. The minimum Gasteiger partial charge on any atom is -0.309 e. The van der Waals surface area contributed by atoms with Crippen molar-refractivity contribution in [2.45, 2.75) is 6.42 Å². The number of aromatic nitrogens is 1. The third-order valence-electron chi connectivity index (χ3n) is 3.52. The highest BCUT2D eigenvalue weighted by Gasteiger charge is 2.16. The van der Waals surface area contributed by atoms with E-state index in [1.165, 1.54) is 0 Å². The molecule has 1 heterocycles. The molecule has 2 aromatic rings. The van der Waals surface area contributed by atoms with Crippen LogP contribution in [0.1, 0.15) is 28.9 Å². The summed E-state index contributed by atoms with van der Waals surface area (Å²) in [6, 6.07) is 10.2. The molecule has 1 heteroatoms. The molecule has 0 unspecified atom stereocenters. The van der Waals surface area contributed by atoms with Crippen molar-refractivity contribution in [1.82, 2.24) is 4.57 Å². The molecule has 0 N–H and O–H groups in total. The molecule has 1 aromatic heterocycles. The quantitative estimate of drug-likeness (QED) is 0.551. The lowest BCUT2D eigenvalue weighted by molar-refractivity contribution is 1.04. The molecule has 0 saturated heterocycles. The van der Waals surface area contributed by atoms with Crippen molar-refractivity contribution in [3.05, 3.63) is 91.3 Å². The van der Waals surface area contributed by atoms with Gasteiger partial charge in [0.1, 0.15) is 0 Å². The SMILES string of the molecule is C=CC/C=C\c1c(C=C)c(C=C)c(C=C)n1-c1ccccc1. The number of hydrogen-bond donors (Lipinski definition) is 0. The second kappa shape index (κ2) is 7.28. The van der Waals surface area contributed by atoms with E-state index in [2.05, 4.69) is 55.2 Å². The average Bonchev–Trinajstić information content (AvgIpc) is 2.88. The molecule has 0 fully saturated rings. The Morgan fingerprint density at radius 1 is 0.818 bits per heavy atom. The molecule has 0 aliphatic carbocycles. The number of hydrogen-bond acceptors (Lipinski definition) is 0. The van der Waals surface area contributed by atoms with E-state index in [0.717, 1.165) is 34.6 Å². The number of benzene rings is 1. The van der Waals surface area contributed by atoms with Gasteiger partial charge in [-0.25, -0.2) is 0 Å². The third-order valence-corrected chi connectivity index (χ3v) is 3.52. The normalized spacial score (nSPS) is 10.5. The van der Waals surface area contributed by atoms with Gasteiger partial charge in [0.05, 0.1) is 11.4 Å². The molecule has 0 radical (unpaired) electrons. The Hall–Kier alpha value is -2.80. The lowest BCUT2D eigenvalue weighted by Crippen LogP contribution is -1.99. The van der Waals surface area contributed by atoms with Gasteiger partial charge in [-0.15, -0.1) is 6.58 Å². The molecule has 1 aromatic carbocycles. The third kappa shape index (κ3) is 2.79. The van der Waals surface area contributed by atoms with E-state index in [-0.39, 0.29) is 0 Å². The number of nitrogens with zero attached hydrogens (tertiary/aromatic N) is 1. The average molecular weight is 287 g/mol. The van der Waals surface area contributed by atoms with Crippen LogP contribution >= 0.6 is 0 Å². The van der Waals surface area contributed by atoms with Gasteiger partial charge in [0.25, 0.3) is 0 Å². The van der Waals surface area contributed by atoms with Gasteiger partial charge >= 0.3 is 0 Å². The first-order chi connectivity index (χ1) is 10.8. The molecule has 1 nitrogen and oxygen atoms in total. The number of rotatable bonds is 7. The highest BCUT2D eigenvalue weighted by atomic mass is 15.0. The van der Waals surface area contributed by atoms with Crippen LogP contribution in [0.25, 0.3) is 30.0 Å². The van der Waals surface area contributed by atoms with Crippen LogP contribution in [0.2, 0.25) is 0 Å². The Morgan fingerprint density at radius 2 is 1.45 bits per heavy atom.